The summed E-state index contributed by atoms with van der Waals surface area (Å²) in [4.78, 5) is 14.8. The van der Waals surface area contributed by atoms with E-state index in [1.807, 2.05) is 68.4 Å². The minimum Gasteiger partial charge on any atom is -0.336 e. The number of aryl methyl sites for hydroxylation is 1. The minimum absolute atomic E-state index is 0.127. The second-order valence-electron chi connectivity index (χ2n) is 7.84. The molecule has 1 amide bonds. The summed E-state index contributed by atoms with van der Waals surface area (Å²) in [6.45, 7) is 5.09. The smallest absolute Gasteiger partial charge is 0.257 e. The van der Waals surface area contributed by atoms with Gasteiger partial charge in [0, 0.05) is 31.6 Å². The molecule has 0 saturated carbocycles. The van der Waals surface area contributed by atoms with E-state index in [2.05, 4.69) is 5.10 Å². The van der Waals surface area contributed by atoms with Crippen molar-refractivity contribution in [3.05, 3.63) is 88.6 Å². The molecule has 1 saturated heterocycles. The summed E-state index contributed by atoms with van der Waals surface area (Å²) in [6.07, 6.45) is 3.18. The van der Waals surface area contributed by atoms with Gasteiger partial charge in [-0.25, -0.2) is 13.1 Å². The Balaban J connectivity index is 1.42. The van der Waals surface area contributed by atoms with Crippen LogP contribution < -0.4 is 0 Å². The average molecular weight is 451 g/mol. The molecule has 0 N–H and O–H groups in total. The number of amides is 1. The molecule has 0 bridgehead atoms. The maximum absolute atomic E-state index is 13.1. The van der Waals surface area contributed by atoms with Crippen LogP contribution in [0.4, 0.5) is 0 Å². The summed E-state index contributed by atoms with van der Waals surface area (Å²) in [7, 11) is -3.54. The van der Waals surface area contributed by atoms with Crippen LogP contribution in [0.2, 0.25) is 0 Å². The van der Waals surface area contributed by atoms with Gasteiger partial charge >= 0.3 is 0 Å². The van der Waals surface area contributed by atoms with E-state index in [1.165, 1.54) is 9.71 Å². The van der Waals surface area contributed by atoms with Gasteiger partial charge in [-0.05, 0) is 43.2 Å². The number of benzene rings is 2. The lowest BCUT2D eigenvalue weighted by atomic mass is 10.2. The van der Waals surface area contributed by atoms with Crippen molar-refractivity contribution in [3.63, 3.8) is 0 Å². The Morgan fingerprint density at radius 1 is 0.969 bits per heavy atom. The first-order chi connectivity index (χ1) is 15.3. The highest BCUT2D eigenvalue weighted by molar-refractivity contribution is 7.92. The average Bonchev–Trinajstić information content (AvgIpc) is 3.19. The van der Waals surface area contributed by atoms with E-state index < -0.39 is 10.0 Å². The summed E-state index contributed by atoms with van der Waals surface area (Å²) >= 11 is 0. The number of piperazine rings is 1. The van der Waals surface area contributed by atoms with Crippen molar-refractivity contribution in [2.45, 2.75) is 13.8 Å². The third-order valence-electron chi connectivity index (χ3n) is 5.60. The Hall–Kier alpha value is -3.23. The first-order valence-corrected chi connectivity index (χ1v) is 12.0. The molecular weight excluding hydrogens is 424 g/mol. The lowest BCUT2D eigenvalue weighted by molar-refractivity contribution is 0.0698. The SMILES string of the molecule is Cc1cccc(-n2ncc(C(=O)N3CCN(S(=O)(=O)C=Cc4ccccc4)CC3)c2C)c1. The summed E-state index contributed by atoms with van der Waals surface area (Å²) in [5.41, 5.74) is 4.14. The molecule has 8 heteroatoms. The van der Waals surface area contributed by atoms with Crippen molar-refractivity contribution in [3.8, 4) is 5.69 Å². The van der Waals surface area contributed by atoms with Gasteiger partial charge in [0.25, 0.3) is 5.91 Å². The first kappa shape index (κ1) is 22.0. The molecule has 3 aromatic rings. The van der Waals surface area contributed by atoms with Crippen LogP contribution >= 0.6 is 0 Å². The molecule has 1 aromatic heterocycles. The van der Waals surface area contributed by atoms with Gasteiger partial charge in [0.1, 0.15) is 0 Å². The molecule has 32 heavy (non-hydrogen) atoms. The van der Waals surface area contributed by atoms with Crippen LogP contribution in [-0.4, -0.2) is 59.5 Å². The van der Waals surface area contributed by atoms with Crippen LogP contribution in [0.5, 0.6) is 0 Å². The Kier molecular flexibility index (Phi) is 6.25. The summed E-state index contributed by atoms with van der Waals surface area (Å²) in [6, 6.07) is 17.2. The van der Waals surface area contributed by atoms with Gasteiger partial charge in [0.05, 0.1) is 23.1 Å². The normalized spacial score (nSPS) is 15.4. The third-order valence-corrected chi connectivity index (χ3v) is 7.17. The fourth-order valence-corrected chi connectivity index (χ4v) is 4.94. The van der Waals surface area contributed by atoms with Gasteiger partial charge in [-0.1, -0.05) is 42.5 Å². The third kappa shape index (κ3) is 4.66. The fourth-order valence-electron chi connectivity index (χ4n) is 3.77. The maximum atomic E-state index is 13.1. The quantitative estimate of drug-likeness (QED) is 0.598. The van der Waals surface area contributed by atoms with Crippen LogP contribution in [0.25, 0.3) is 11.8 Å². The van der Waals surface area contributed by atoms with Crippen LogP contribution in [0.3, 0.4) is 0 Å². The molecule has 4 rings (SSSR count). The molecule has 1 aliphatic rings. The van der Waals surface area contributed by atoms with E-state index >= 15 is 0 Å². The topological polar surface area (TPSA) is 75.5 Å². The fraction of sp³-hybridized carbons (Fsp3) is 0.250. The van der Waals surface area contributed by atoms with Gasteiger partial charge in [0.2, 0.25) is 10.0 Å². The molecule has 0 aliphatic carbocycles. The van der Waals surface area contributed by atoms with E-state index in [9.17, 15) is 13.2 Å². The molecular formula is C24H26N4O3S. The molecule has 0 spiro atoms. The van der Waals surface area contributed by atoms with Crippen LogP contribution in [0.1, 0.15) is 27.2 Å². The zero-order valence-electron chi connectivity index (χ0n) is 18.2. The van der Waals surface area contributed by atoms with Gasteiger partial charge < -0.3 is 4.90 Å². The van der Waals surface area contributed by atoms with Crippen molar-refractivity contribution >= 4 is 22.0 Å². The van der Waals surface area contributed by atoms with Crippen LogP contribution in [0.15, 0.2) is 66.2 Å². The number of carbonyl (C=O) groups excluding carboxylic acids is 1. The Labute approximate surface area is 188 Å². The molecule has 1 aliphatic heterocycles. The van der Waals surface area contributed by atoms with Gasteiger partial charge in [-0.15, -0.1) is 0 Å². The largest absolute Gasteiger partial charge is 0.336 e. The van der Waals surface area contributed by atoms with Crippen molar-refractivity contribution in [1.82, 2.24) is 19.0 Å². The molecule has 1 fully saturated rings. The van der Waals surface area contributed by atoms with E-state index in [4.69, 9.17) is 0 Å². The number of sulfonamides is 1. The van der Waals surface area contributed by atoms with Gasteiger partial charge in [-0.3, -0.25) is 4.79 Å². The Morgan fingerprint density at radius 2 is 1.69 bits per heavy atom. The molecule has 7 nitrogen and oxygen atoms in total. The second-order valence-corrected chi connectivity index (χ2v) is 9.66. The molecule has 0 unspecified atom stereocenters. The second kappa shape index (κ2) is 9.10. The lowest BCUT2D eigenvalue weighted by Crippen LogP contribution is -2.50. The lowest BCUT2D eigenvalue weighted by Gasteiger charge is -2.33. The highest BCUT2D eigenvalue weighted by atomic mass is 32.2. The summed E-state index contributed by atoms with van der Waals surface area (Å²) < 4.78 is 28.5. The first-order valence-electron chi connectivity index (χ1n) is 10.5. The van der Waals surface area contributed by atoms with Gasteiger partial charge in [0.15, 0.2) is 0 Å². The highest BCUT2D eigenvalue weighted by Gasteiger charge is 2.29. The number of aromatic nitrogens is 2. The summed E-state index contributed by atoms with van der Waals surface area (Å²) in [5.74, 6) is -0.127. The number of hydrogen-bond acceptors (Lipinski definition) is 4. The van der Waals surface area contributed by atoms with Crippen molar-refractivity contribution in [2.24, 2.45) is 0 Å². The zero-order valence-corrected chi connectivity index (χ0v) is 19.0. The summed E-state index contributed by atoms with van der Waals surface area (Å²) in [5, 5.41) is 5.64. The molecule has 0 radical (unpaired) electrons. The van der Waals surface area contributed by atoms with E-state index in [0.29, 0.717) is 18.7 Å². The Morgan fingerprint density at radius 3 is 2.38 bits per heavy atom. The number of carbonyl (C=O) groups is 1. The highest BCUT2D eigenvalue weighted by Crippen LogP contribution is 2.19. The predicted octanol–water partition coefficient (Wildman–Crippen LogP) is 3.25. The molecule has 2 heterocycles. The van der Waals surface area contributed by atoms with Crippen LogP contribution in [0, 0.1) is 13.8 Å². The van der Waals surface area contributed by atoms with E-state index in [1.54, 1.807) is 21.9 Å². The Bertz CT molecular complexity index is 1240. The maximum Gasteiger partial charge on any atom is 0.257 e. The van der Waals surface area contributed by atoms with Crippen LogP contribution in [-0.2, 0) is 10.0 Å². The number of nitrogens with zero attached hydrogens (tertiary/aromatic N) is 4. The van der Waals surface area contributed by atoms with E-state index in [-0.39, 0.29) is 19.0 Å². The minimum atomic E-state index is -3.54. The predicted molar refractivity (Wildman–Crippen MR) is 125 cm³/mol. The van der Waals surface area contributed by atoms with Crippen molar-refractivity contribution in [1.29, 1.82) is 0 Å². The molecule has 166 valence electrons. The number of hydrogen-bond donors (Lipinski definition) is 0. The molecule has 0 atom stereocenters. The standard InChI is InChI=1S/C24H26N4O3S/c1-19-7-6-10-22(17-19)28-20(2)23(18-25-28)24(29)26-12-14-27(15-13-26)32(30,31)16-11-21-8-4-3-5-9-21/h3-11,16-18H,12-15H2,1-2H3. The van der Waals surface area contributed by atoms with E-state index in [0.717, 1.165) is 22.5 Å². The van der Waals surface area contributed by atoms with Gasteiger partial charge in [-0.2, -0.15) is 9.40 Å². The van der Waals surface area contributed by atoms with Crippen molar-refractivity contribution in [2.75, 3.05) is 26.2 Å². The molecule has 2 aromatic carbocycles. The zero-order chi connectivity index (χ0) is 22.7. The monoisotopic (exact) mass is 450 g/mol. The van der Waals surface area contributed by atoms with Crippen molar-refractivity contribution < 1.29 is 13.2 Å². The number of rotatable bonds is 5.